The van der Waals surface area contributed by atoms with Crippen LogP contribution in [0.5, 0.6) is 5.75 Å². The first-order valence-electron chi connectivity index (χ1n) is 8.23. The number of benzene rings is 1. The van der Waals surface area contributed by atoms with Crippen LogP contribution < -0.4 is 15.4 Å². The summed E-state index contributed by atoms with van der Waals surface area (Å²) >= 11 is 0. The van der Waals surface area contributed by atoms with Gasteiger partial charge in [0.05, 0.1) is 6.54 Å². The minimum atomic E-state index is 0. The normalized spacial score (nSPS) is 10.9. The predicted molar refractivity (Wildman–Crippen MR) is 111 cm³/mol. The van der Waals surface area contributed by atoms with E-state index in [1.807, 2.05) is 22.8 Å². The number of nitrogens with zero attached hydrogens (tertiary/aromatic N) is 4. The molecule has 0 unspecified atom stereocenters. The molecular weight excluding hydrogens is 431 g/mol. The van der Waals surface area contributed by atoms with E-state index in [1.54, 1.807) is 13.4 Å². The molecule has 0 saturated carbocycles. The molecule has 0 bridgehead atoms. The van der Waals surface area contributed by atoms with Crippen LogP contribution in [0, 0.1) is 6.92 Å². The lowest BCUT2D eigenvalue weighted by molar-refractivity contribution is 0.321. The SMILES string of the molecule is CCc1nncn1CCNC(=NC)NCCOc1cccc(C)c1.I. The second-order valence-corrected chi connectivity index (χ2v) is 5.38. The molecule has 1 aromatic heterocycles. The van der Waals surface area contributed by atoms with Gasteiger partial charge >= 0.3 is 0 Å². The van der Waals surface area contributed by atoms with Crippen LogP contribution in [-0.2, 0) is 13.0 Å². The number of aliphatic imine (C=N–C) groups is 1. The number of aryl methyl sites for hydroxylation is 2. The van der Waals surface area contributed by atoms with Crippen LogP contribution in [0.3, 0.4) is 0 Å². The van der Waals surface area contributed by atoms with Gasteiger partial charge < -0.3 is 19.9 Å². The van der Waals surface area contributed by atoms with Crippen molar-refractivity contribution in [1.82, 2.24) is 25.4 Å². The molecule has 138 valence electrons. The van der Waals surface area contributed by atoms with Crippen molar-refractivity contribution in [1.29, 1.82) is 0 Å². The van der Waals surface area contributed by atoms with Gasteiger partial charge in [-0.3, -0.25) is 4.99 Å². The minimum Gasteiger partial charge on any atom is -0.492 e. The number of rotatable bonds is 8. The number of guanidine groups is 1. The molecule has 0 aliphatic heterocycles. The summed E-state index contributed by atoms with van der Waals surface area (Å²) < 4.78 is 7.75. The fourth-order valence-corrected chi connectivity index (χ4v) is 2.30. The molecule has 8 heteroatoms. The summed E-state index contributed by atoms with van der Waals surface area (Å²) in [5.41, 5.74) is 1.19. The Morgan fingerprint density at radius 2 is 2.08 bits per heavy atom. The molecule has 1 heterocycles. The van der Waals surface area contributed by atoms with Crippen LogP contribution in [0.2, 0.25) is 0 Å². The number of hydrogen-bond acceptors (Lipinski definition) is 4. The summed E-state index contributed by atoms with van der Waals surface area (Å²) in [4.78, 5) is 4.21. The molecule has 25 heavy (non-hydrogen) atoms. The average molecular weight is 458 g/mol. The molecule has 0 spiro atoms. The van der Waals surface area contributed by atoms with E-state index in [0.29, 0.717) is 13.2 Å². The maximum atomic E-state index is 5.71. The summed E-state index contributed by atoms with van der Waals surface area (Å²) in [5, 5.41) is 14.5. The number of aromatic nitrogens is 3. The number of ether oxygens (including phenoxy) is 1. The number of nitrogens with one attached hydrogen (secondary N) is 2. The minimum absolute atomic E-state index is 0. The molecule has 0 aliphatic carbocycles. The Morgan fingerprint density at radius 1 is 1.28 bits per heavy atom. The predicted octanol–water partition coefficient (Wildman–Crippen LogP) is 2.01. The number of hydrogen-bond donors (Lipinski definition) is 2. The lowest BCUT2D eigenvalue weighted by Crippen LogP contribution is -2.40. The van der Waals surface area contributed by atoms with E-state index >= 15 is 0 Å². The second kappa shape index (κ2) is 11.7. The molecule has 2 N–H and O–H groups in total. The Balaban J connectivity index is 0.00000312. The van der Waals surface area contributed by atoms with Crippen LogP contribution in [-0.4, -0.2) is 47.5 Å². The largest absolute Gasteiger partial charge is 0.492 e. The smallest absolute Gasteiger partial charge is 0.191 e. The molecule has 2 aromatic rings. The highest BCUT2D eigenvalue weighted by molar-refractivity contribution is 14.0. The van der Waals surface area contributed by atoms with Crippen LogP contribution in [0.4, 0.5) is 0 Å². The quantitative estimate of drug-likeness (QED) is 0.274. The third kappa shape index (κ3) is 7.29. The second-order valence-electron chi connectivity index (χ2n) is 5.38. The molecular formula is C17H27IN6O. The van der Waals surface area contributed by atoms with Crippen molar-refractivity contribution < 1.29 is 4.74 Å². The summed E-state index contributed by atoms with van der Waals surface area (Å²) in [6, 6.07) is 8.03. The molecule has 0 amide bonds. The van der Waals surface area contributed by atoms with Crippen LogP contribution in [0.1, 0.15) is 18.3 Å². The molecule has 0 aliphatic rings. The van der Waals surface area contributed by atoms with E-state index in [4.69, 9.17) is 4.74 Å². The molecule has 0 atom stereocenters. The zero-order valence-electron chi connectivity index (χ0n) is 15.0. The van der Waals surface area contributed by atoms with Gasteiger partial charge in [-0.15, -0.1) is 34.2 Å². The lowest BCUT2D eigenvalue weighted by Gasteiger charge is -2.13. The first-order chi connectivity index (χ1) is 11.7. The maximum Gasteiger partial charge on any atom is 0.191 e. The van der Waals surface area contributed by atoms with Gasteiger partial charge in [-0.25, -0.2) is 0 Å². The third-order valence-electron chi connectivity index (χ3n) is 3.53. The highest BCUT2D eigenvalue weighted by Gasteiger charge is 2.02. The standard InChI is InChI=1S/C17H26N6O.HI/c1-4-16-22-21-13-23(16)10-8-19-17(18-3)20-9-11-24-15-7-5-6-14(2)12-15;/h5-7,12-13H,4,8-11H2,1-3H3,(H2,18,19,20);1H. The van der Waals surface area contributed by atoms with Crippen molar-refractivity contribution in [2.45, 2.75) is 26.8 Å². The Kier molecular flexibility index (Phi) is 9.90. The molecule has 0 fully saturated rings. The van der Waals surface area contributed by atoms with Gasteiger partial charge in [0, 0.05) is 26.6 Å². The summed E-state index contributed by atoms with van der Waals surface area (Å²) in [6.07, 6.45) is 2.63. The van der Waals surface area contributed by atoms with Gasteiger partial charge in [-0.05, 0) is 24.6 Å². The van der Waals surface area contributed by atoms with Gasteiger partial charge in [0.2, 0.25) is 0 Å². The Bertz CT molecular complexity index is 658. The van der Waals surface area contributed by atoms with E-state index < -0.39 is 0 Å². The van der Waals surface area contributed by atoms with Gasteiger partial charge in [0.15, 0.2) is 5.96 Å². The van der Waals surface area contributed by atoms with Crippen molar-refractivity contribution >= 4 is 29.9 Å². The zero-order chi connectivity index (χ0) is 17.2. The fraction of sp³-hybridized carbons (Fsp3) is 0.471. The van der Waals surface area contributed by atoms with Crippen molar-refractivity contribution in [3.63, 3.8) is 0 Å². The molecule has 0 saturated heterocycles. The third-order valence-corrected chi connectivity index (χ3v) is 3.53. The summed E-state index contributed by atoms with van der Waals surface area (Å²) in [5.74, 6) is 2.64. The molecule has 0 radical (unpaired) electrons. The van der Waals surface area contributed by atoms with Crippen LogP contribution in [0.15, 0.2) is 35.6 Å². The topological polar surface area (TPSA) is 76.4 Å². The first-order valence-corrected chi connectivity index (χ1v) is 8.23. The first kappa shape index (κ1) is 21.2. The Morgan fingerprint density at radius 3 is 2.80 bits per heavy atom. The van der Waals surface area contributed by atoms with Crippen molar-refractivity contribution in [2.24, 2.45) is 4.99 Å². The molecule has 7 nitrogen and oxygen atoms in total. The average Bonchev–Trinajstić information content (AvgIpc) is 3.04. The van der Waals surface area contributed by atoms with E-state index in [2.05, 4.69) is 45.7 Å². The van der Waals surface area contributed by atoms with Crippen LogP contribution >= 0.6 is 24.0 Å². The monoisotopic (exact) mass is 458 g/mol. The van der Waals surface area contributed by atoms with Crippen molar-refractivity contribution in [3.8, 4) is 5.75 Å². The highest BCUT2D eigenvalue weighted by Crippen LogP contribution is 2.11. The van der Waals surface area contributed by atoms with Gasteiger partial charge in [0.1, 0.15) is 24.5 Å². The number of halogens is 1. The van der Waals surface area contributed by atoms with E-state index in [-0.39, 0.29) is 24.0 Å². The fourth-order valence-electron chi connectivity index (χ4n) is 2.30. The van der Waals surface area contributed by atoms with Crippen LogP contribution in [0.25, 0.3) is 0 Å². The van der Waals surface area contributed by atoms with E-state index in [1.165, 1.54) is 5.56 Å². The Hall–Kier alpha value is -1.84. The lowest BCUT2D eigenvalue weighted by atomic mass is 10.2. The van der Waals surface area contributed by atoms with E-state index in [9.17, 15) is 0 Å². The van der Waals surface area contributed by atoms with Gasteiger partial charge in [-0.1, -0.05) is 19.1 Å². The molecule has 1 aromatic carbocycles. The van der Waals surface area contributed by atoms with Gasteiger partial charge in [-0.2, -0.15) is 0 Å². The van der Waals surface area contributed by atoms with Gasteiger partial charge in [0.25, 0.3) is 0 Å². The van der Waals surface area contributed by atoms with E-state index in [0.717, 1.165) is 37.0 Å². The zero-order valence-corrected chi connectivity index (χ0v) is 17.4. The maximum absolute atomic E-state index is 5.71. The highest BCUT2D eigenvalue weighted by atomic mass is 127. The Labute approximate surface area is 166 Å². The van der Waals surface area contributed by atoms with Crippen molar-refractivity contribution in [3.05, 3.63) is 42.0 Å². The summed E-state index contributed by atoms with van der Waals surface area (Å²) in [7, 11) is 1.76. The summed E-state index contributed by atoms with van der Waals surface area (Å²) in [6.45, 7) is 6.94. The van der Waals surface area contributed by atoms with Crippen molar-refractivity contribution in [2.75, 3.05) is 26.7 Å². The molecule has 2 rings (SSSR count).